The summed E-state index contributed by atoms with van der Waals surface area (Å²) in [7, 11) is 1.06. The molecule has 0 aliphatic rings. The fourth-order valence-corrected chi connectivity index (χ4v) is 0. The van der Waals surface area contributed by atoms with Crippen molar-refractivity contribution in [1.29, 1.82) is 0 Å². The van der Waals surface area contributed by atoms with Gasteiger partial charge in [-0.1, -0.05) is 0 Å². The molecule has 0 bridgehead atoms. The molecule has 0 amide bonds. The summed E-state index contributed by atoms with van der Waals surface area (Å²) in [6.07, 6.45) is 0. The monoisotopic (exact) mass is 106 g/mol. The Labute approximate surface area is 32.5 Å². The molecule has 0 aliphatic heterocycles. The van der Waals surface area contributed by atoms with Crippen LogP contribution >= 0.6 is 0 Å². The van der Waals surface area contributed by atoms with Crippen LogP contribution in [-0.2, 0) is 4.46 Å². The average molecular weight is 106 g/mol. The first kappa shape index (κ1) is 4.45. The molecule has 1 nitrogen and oxygen atoms in total. The van der Waals surface area contributed by atoms with Crippen LogP contribution in [0.15, 0.2) is 0 Å². The van der Waals surface area contributed by atoms with Gasteiger partial charge in [0, 0.05) is 0 Å². The quantitative estimate of drug-likeness (QED) is 0.304. The summed E-state index contributed by atoms with van der Waals surface area (Å²) in [4.78, 5) is 0. The zero-order valence-electron chi connectivity index (χ0n) is 2.91. The van der Waals surface area contributed by atoms with E-state index >= 15 is 0 Å². The Morgan fingerprint density at radius 1 is 1.50 bits per heavy atom. The molecule has 0 unspecified atom stereocenters. The van der Waals surface area contributed by atoms with Crippen molar-refractivity contribution in [2.24, 2.45) is 0 Å². The first-order chi connectivity index (χ1) is 1.73. The molecule has 0 atom stereocenters. The van der Waals surface area contributed by atoms with Gasteiger partial charge in [0.05, 0.1) is 19.5 Å². The Morgan fingerprint density at radius 2 is 1.50 bits per heavy atom. The van der Waals surface area contributed by atoms with Gasteiger partial charge in [-0.25, -0.2) is 0 Å². The first-order valence-corrected chi connectivity index (χ1v) is 9.61. The van der Waals surface area contributed by atoms with Crippen molar-refractivity contribution in [2.45, 2.75) is 0 Å². The Hall–Kier alpha value is 0.451. The minimum Gasteiger partial charge on any atom is -0.399 e. The van der Waals surface area contributed by atoms with Crippen LogP contribution < -0.4 is 0 Å². The summed E-state index contributed by atoms with van der Waals surface area (Å²) < 4.78 is 9.75. The molecule has 0 aromatic rings. The maximum atomic E-state index is 9.75. The van der Waals surface area contributed by atoms with E-state index in [1.807, 2.05) is 0 Å². The van der Waals surface area contributed by atoms with Crippen LogP contribution in [0.1, 0.15) is 0 Å². The van der Waals surface area contributed by atoms with E-state index in [9.17, 15) is 4.46 Å². The summed E-state index contributed by atoms with van der Waals surface area (Å²) in [6.45, 7) is 0. The fourth-order valence-electron chi connectivity index (χ4n) is 0. The molecule has 4 heavy (non-hydrogen) atoms. The van der Waals surface area contributed by atoms with Gasteiger partial charge in [-0.3, -0.25) is 0 Å². The maximum absolute atomic E-state index is 9.75. The third-order valence-electron chi connectivity index (χ3n) is 0. The van der Waals surface area contributed by atoms with Crippen molar-refractivity contribution in [2.75, 3.05) is 0 Å². The number of hydrogen-bond donors (Lipinski definition) is 0. The lowest BCUT2D eigenvalue weighted by Crippen LogP contribution is -1.94. The molecular formula is H6OSi3. The van der Waals surface area contributed by atoms with Gasteiger partial charge in [0.1, 0.15) is 0 Å². The van der Waals surface area contributed by atoms with Crippen LogP contribution in [0, 0.1) is 0 Å². The molecule has 0 N–H and O–H groups in total. The standard InChI is InChI=1S/H6OSi3/c1-4(2)3/h2-3H3. The van der Waals surface area contributed by atoms with Gasteiger partial charge >= 0.3 is 0 Å². The largest absolute Gasteiger partial charge is 0.399 e. The lowest BCUT2D eigenvalue weighted by Gasteiger charge is -1.51. The summed E-state index contributed by atoms with van der Waals surface area (Å²) in [5.74, 6) is 0. The molecule has 0 spiro atoms. The van der Waals surface area contributed by atoms with Gasteiger partial charge in [0.25, 0.3) is 0 Å². The highest BCUT2D eigenvalue weighted by Crippen LogP contribution is 1.23. The molecule has 0 saturated carbocycles. The van der Waals surface area contributed by atoms with Crippen molar-refractivity contribution in [3.63, 3.8) is 0 Å². The normalized spacial score (nSPS) is 8.00. The van der Waals surface area contributed by atoms with Crippen LogP contribution in [0.25, 0.3) is 0 Å². The third-order valence-corrected chi connectivity index (χ3v) is 0. The lowest BCUT2D eigenvalue weighted by molar-refractivity contribution is 0.582. The summed E-state index contributed by atoms with van der Waals surface area (Å²) in [5.41, 5.74) is 0. The second-order valence-corrected chi connectivity index (χ2v) is 17.2. The molecular weight excluding hydrogens is 100 g/mol. The molecule has 24 valence electrons. The zero-order valence-corrected chi connectivity index (χ0v) is 7.91. The molecule has 4 heteroatoms. The van der Waals surface area contributed by atoms with Crippen molar-refractivity contribution in [3.8, 4) is 0 Å². The van der Waals surface area contributed by atoms with Gasteiger partial charge in [-0.15, -0.1) is 0 Å². The highest BCUT2D eigenvalue weighted by atomic mass is 29.5. The highest BCUT2D eigenvalue weighted by Gasteiger charge is 1.69. The second-order valence-electron chi connectivity index (χ2n) is 0.908. The Bertz CT molecular complexity index is 26.3. The van der Waals surface area contributed by atoms with Gasteiger partial charge in [0.15, 0.2) is 0 Å². The van der Waals surface area contributed by atoms with Crippen LogP contribution in [0.2, 0.25) is 0 Å². The van der Waals surface area contributed by atoms with E-state index in [4.69, 9.17) is 0 Å². The van der Waals surface area contributed by atoms with E-state index in [-0.39, 0.29) is 0 Å². The van der Waals surface area contributed by atoms with Crippen LogP contribution in [0.3, 0.4) is 0 Å². The molecule has 0 heterocycles. The topological polar surface area (TPSA) is 17.1 Å². The average Bonchev–Trinajstić information content (AvgIpc) is 0.811. The van der Waals surface area contributed by atoms with E-state index in [1.54, 1.807) is 0 Å². The fraction of sp³-hybridized carbons (Fsp3) is 0. The number of hydrogen-bond acceptors (Lipinski definition) is 1. The summed E-state index contributed by atoms with van der Waals surface area (Å²) in [6, 6.07) is 0. The molecule has 0 radical (unpaired) electrons. The summed E-state index contributed by atoms with van der Waals surface area (Å²) in [5, 5.41) is 0. The van der Waals surface area contributed by atoms with Crippen molar-refractivity contribution >= 4 is 27.2 Å². The maximum Gasteiger partial charge on any atom is 0.214 e. The zero-order chi connectivity index (χ0) is 3.58. The van der Waals surface area contributed by atoms with Crippen molar-refractivity contribution in [3.05, 3.63) is 0 Å². The van der Waals surface area contributed by atoms with E-state index in [0.29, 0.717) is 0 Å². The Kier molecular flexibility index (Phi) is 1.94. The van der Waals surface area contributed by atoms with E-state index in [2.05, 4.69) is 0 Å². The van der Waals surface area contributed by atoms with Crippen LogP contribution in [0.4, 0.5) is 0 Å². The van der Waals surface area contributed by atoms with E-state index in [0.717, 1.165) is 19.5 Å². The molecule has 0 fully saturated rings. The van der Waals surface area contributed by atoms with Crippen LogP contribution in [-0.4, -0.2) is 27.2 Å². The van der Waals surface area contributed by atoms with Crippen LogP contribution in [0.5, 0.6) is 0 Å². The molecule has 0 aromatic heterocycles. The molecule has 0 saturated heterocycles. The predicted octanol–water partition coefficient (Wildman–Crippen LogP) is -2.87. The second kappa shape index (κ2) is 1.74. The molecule has 0 rings (SSSR count). The highest BCUT2D eigenvalue weighted by molar-refractivity contribution is 7.21. The molecule has 0 aromatic carbocycles. The van der Waals surface area contributed by atoms with E-state index < -0.39 is 7.72 Å². The van der Waals surface area contributed by atoms with Gasteiger partial charge < -0.3 is 4.46 Å². The lowest BCUT2D eigenvalue weighted by atomic mass is 16.0. The van der Waals surface area contributed by atoms with Crippen molar-refractivity contribution in [1.82, 2.24) is 0 Å². The Morgan fingerprint density at radius 3 is 1.50 bits per heavy atom. The minimum atomic E-state index is -0.852. The SMILES string of the molecule is O=[Si]([SiH3])[SiH3]. The minimum absolute atomic E-state index is 0.852. The molecule has 0 aliphatic carbocycles. The van der Waals surface area contributed by atoms with Gasteiger partial charge in [0.2, 0.25) is 7.72 Å². The Balaban J connectivity index is 2.80. The van der Waals surface area contributed by atoms with E-state index in [1.165, 1.54) is 0 Å². The van der Waals surface area contributed by atoms with Crippen molar-refractivity contribution < 1.29 is 4.46 Å². The predicted molar refractivity (Wildman–Crippen MR) is 26.3 cm³/mol. The third kappa shape index (κ3) is 25.4. The van der Waals surface area contributed by atoms with Gasteiger partial charge in [-0.2, -0.15) is 0 Å². The number of rotatable bonds is 0. The summed E-state index contributed by atoms with van der Waals surface area (Å²) >= 11 is 0. The first-order valence-electron chi connectivity index (χ1n) is 1.20. The smallest absolute Gasteiger partial charge is 0.214 e. The van der Waals surface area contributed by atoms with Gasteiger partial charge in [-0.05, 0) is 0 Å².